The minimum Gasteiger partial charge on any atom is -0.391 e. The number of likely N-dealkylation sites (tertiary alicyclic amines) is 1. The predicted molar refractivity (Wildman–Crippen MR) is 247 cm³/mol. The van der Waals surface area contributed by atoms with Crippen molar-refractivity contribution in [3.05, 3.63) is 139 Å². The Bertz CT molecular complexity index is 1980. The van der Waals surface area contributed by atoms with Gasteiger partial charge in [-0.3, -0.25) is 19.2 Å². The summed E-state index contributed by atoms with van der Waals surface area (Å²) in [5.41, 5.74) is 3.57. The Hall–Kier alpha value is -5.55. The first kappa shape index (κ1) is 46.9. The number of carbonyl (C=O) groups is 4. The molecule has 1 aliphatic heterocycles. The summed E-state index contributed by atoms with van der Waals surface area (Å²) in [5, 5.41) is 20.9. The lowest BCUT2D eigenvalue weighted by Crippen LogP contribution is -2.59. The molecule has 6 atom stereocenters. The molecule has 3 aromatic carbocycles. The van der Waals surface area contributed by atoms with Gasteiger partial charge in [0.2, 0.25) is 23.6 Å². The van der Waals surface area contributed by atoms with Gasteiger partial charge in [-0.05, 0) is 73.0 Å². The molecule has 11 nitrogen and oxygen atoms in total. The normalized spacial score (nSPS) is 18.0. The lowest BCUT2D eigenvalue weighted by Gasteiger charge is -2.33. The van der Waals surface area contributed by atoms with Crippen LogP contribution < -0.4 is 16.0 Å². The first-order valence-corrected chi connectivity index (χ1v) is 23.2. The van der Waals surface area contributed by atoms with Crippen LogP contribution >= 0.6 is 0 Å². The Morgan fingerprint density at radius 1 is 0.762 bits per heavy atom. The lowest BCUT2D eigenvalue weighted by atomic mass is 9.81. The SMILES string of the molecule is C=C[C@@H](C[C@H](O)[C@H](CC1CCCCC1)NC(=O)[C@H](Cc1cnc[nH]1)NC(=O)[C@H](Cc1ccccc1)NC(=O)[C@H]1CCCN1C(=O)C(Cc1ccccc1)Cc1ccccc1)C(C)C. The number of nitrogens with zero attached hydrogens (tertiary/aromatic N) is 2. The van der Waals surface area contributed by atoms with E-state index in [-0.39, 0.29) is 36.5 Å². The molecule has 0 radical (unpaired) electrons. The van der Waals surface area contributed by atoms with E-state index in [2.05, 4.69) is 46.3 Å². The number of nitrogens with one attached hydrogen (secondary N) is 4. The molecule has 11 heteroatoms. The molecule has 4 amide bonds. The van der Waals surface area contributed by atoms with Crippen molar-refractivity contribution < 1.29 is 24.3 Å². The number of benzene rings is 3. The molecule has 1 saturated heterocycles. The molecule has 0 unspecified atom stereocenters. The number of aliphatic hydroxyl groups is 1. The van der Waals surface area contributed by atoms with Crippen LogP contribution in [0.1, 0.15) is 94.0 Å². The molecule has 336 valence electrons. The zero-order valence-corrected chi connectivity index (χ0v) is 37.2. The van der Waals surface area contributed by atoms with Crippen LogP contribution in [0, 0.1) is 23.7 Å². The van der Waals surface area contributed by atoms with E-state index >= 15 is 0 Å². The Morgan fingerprint density at radius 2 is 1.33 bits per heavy atom. The van der Waals surface area contributed by atoms with Gasteiger partial charge in [0.1, 0.15) is 18.1 Å². The lowest BCUT2D eigenvalue weighted by molar-refractivity contribution is -0.142. The third-order valence-electron chi connectivity index (χ3n) is 13.1. The highest BCUT2D eigenvalue weighted by Crippen LogP contribution is 2.30. The van der Waals surface area contributed by atoms with Gasteiger partial charge >= 0.3 is 0 Å². The van der Waals surface area contributed by atoms with Gasteiger partial charge < -0.3 is 30.9 Å². The van der Waals surface area contributed by atoms with Gasteiger partial charge in [-0.1, -0.05) is 143 Å². The van der Waals surface area contributed by atoms with Crippen molar-refractivity contribution in [3.8, 4) is 0 Å². The van der Waals surface area contributed by atoms with Gasteiger partial charge in [-0.25, -0.2) is 4.98 Å². The van der Waals surface area contributed by atoms with Gasteiger partial charge in [0.15, 0.2) is 0 Å². The molecule has 0 spiro atoms. The fraction of sp³-hybridized carbons (Fsp3) is 0.481. The standard InChI is InChI=1S/C52H68N6O5/c1-4-41(36(2)3)32-48(59)44(30-39-22-13-7-14-23-39)55-50(61)46(33-43-34-53-35-54-43)56-49(60)45(31-40-24-15-8-16-25-40)57-51(62)47-26-17-27-58(47)52(63)42(28-37-18-9-5-10-19-37)29-38-20-11-6-12-21-38/h4-6,8-12,15-16,18-21,24-25,34-36,39,41-42,44-48,59H,1,7,13-14,17,22-23,26-33H2,2-3H3,(H,53,54)(H,55,61)(H,56,60)(H,57,62)/t41-,44-,45-,46-,47+,48-/m0/s1. The summed E-state index contributed by atoms with van der Waals surface area (Å²) < 4.78 is 0. The van der Waals surface area contributed by atoms with Crippen molar-refractivity contribution in [3.63, 3.8) is 0 Å². The summed E-state index contributed by atoms with van der Waals surface area (Å²) in [6.07, 6.45) is 13.3. The van der Waals surface area contributed by atoms with Gasteiger partial charge in [0.05, 0.1) is 18.5 Å². The third-order valence-corrected chi connectivity index (χ3v) is 13.1. The monoisotopic (exact) mass is 857 g/mol. The molecule has 5 N–H and O–H groups in total. The Kier molecular flexibility index (Phi) is 17.7. The Morgan fingerprint density at radius 3 is 1.89 bits per heavy atom. The number of aromatic nitrogens is 2. The molecule has 0 bridgehead atoms. The number of H-pyrrole nitrogens is 1. The van der Waals surface area contributed by atoms with E-state index in [1.54, 1.807) is 11.1 Å². The van der Waals surface area contributed by atoms with Crippen molar-refractivity contribution in [2.45, 2.75) is 128 Å². The maximum Gasteiger partial charge on any atom is 0.243 e. The minimum absolute atomic E-state index is 0.0679. The maximum absolute atomic E-state index is 14.6. The molecular formula is C52H68N6O5. The second-order valence-corrected chi connectivity index (χ2v) is 18.2. The number of aromatic amines is 1. The molecule has 1 aliphatic carbocycles. The highest BCUT2D eigenvalue weighted by molar-refractivity contribution is 5.95. The molecule has 4 aromatic rings. The van der Waals surface area contributed by atoms with Crippen molar-refractivity contribution in [1.29, 1.82) is 0 Å². The van der Waals surface area contributed by atoms with Crippen LogP contribution in [0.4, 0.5) is 0 Å². The second kappa shape index (κ2) is 23.8. The minimum atomic E-state index is -1.05. The van der Waals surface area contributed by atoms with Crippen LogP contribution in [0.25, 0.3) is 0 Å². The fourth-order valence-electron chi connectivity index (χ4n) is 9.47. The summed E-state index contributed by atoms with van der Waals surface area (Å²) in [5.74, 6) is -1.10. The van der Waals surface area contributed by atoms with Crippen LogP contribution in [0.5, 0.6) is 0 Å². The number of rotatable bonds is 22. The van der Waals surface area contributed by atoms with Crippen LogP contribution in [0.2, 0.25) is 0 Å². The number of imidazole rings is 1. The fourth-order valence-corrected chi connectivity index (χ4v) is 9.47. The molecule has 2 heterocycles. The van der Waals surface area contributed by atoms with Gasteiger partial charge in [0.25, 0.3) is 0 Å². The summed E-state index contributed by atoms with van der Waals surface area (Å²) in [6, 6.07) is 26.0. The van der Waals surface area contributed by atoms with E-state index in [0.717, 1.165) is 42.4 Å². The van der Waals surface area contributed by atoms with Gasteiger partial charge in [-0.15, -0.1) is 6.58 Å². The zero-order valence-electron chi connectivity index (χ0n) is 37.2. The molecular weight excluding hydrogens is 789 g/mol. The summed E-state index contributed by atoms with van der Waals surface area (Å²) >= 11 is 0. The number of carbonyl (C=O) groups excluding carboxylic acids is 4. The van der Waals surface area contributed by atoms with Crippen molar-refractivity contribution in [2.24, 2.45) is 23.7 Å². The van der Waals surface area contributed by atoms with E-state index in [1.807, 2.05) is 97.1 Å². The molecule has 1 aromatic heterocycles. The van der Waals surface area contributed by atoms with E-state index in [9.17, 15) is 24.3 Å². The molecule has 6 rings (SSSR count). The van der Waals surface area contributed by atoms with E-state index in [0.29, 0.717) is 56.7 Å². The first-order valence-electron chi connectivity index (χ1n) is 23.2. The summed E-state index contributed by atoms with van der Waals surface area (Å²) in [6.45, 7) is 8.66. The van der Waals surface area contributed by atoms with Crippen molar-refractivity contribution in [1.82, 2.24) is 30.8 Å². The highest BCUT2D eigenvalue weighted by atomic mass is 16.3. The molecule has 2 aliphatic rings. The van der Waals surface area contributed by atoms with Gasteiger partial charge in [-0.2, -0.15) is 0 Å². The van der Waals surface area contributed by atoms with Crippen LogP contribution in [-0.2, 0) is 44.9 Å². The summed E-state index contributed by atoms with van der Waals surface area (Å²) in [4.78, 5) is 67.0. The van der Waals surface area contributed by atoms with Crippen molar-refractivity contribution >= 4 is 23.6 Å². The first-order chi connectivity index (χ1) is 30.6. The smallest absolute Gasteiger partial charge is 0.243 e. The number of amides is 4. The van der Waals surface area contributed by atoms with E-state index < -0.39 is 48.0 Å². The predicted octanol–water partition coefficient (Wildman–Crippen LogP) is 6.92. The quantitative estimate of drug-likeness (QED) is 0.0541. The molecule has 63 heavy (non-hydrogen) atoms. The zero-order chi connectivity index (χ0) is 44.6. The summed E-state index contributed by atoms with van der Waals surface area (Å²) in [7, 11) is 0. The molecule has 1 saturated carbocycles. The second-order valence-electron chi connectivity index (χ2n) is 18.2. The van der Waals surface area contributed by atoms with Crippen LogP contribution in [-0.4, -0.2) is 80.4 Å². The number of hydrogen-bond donors (Lipinski definition) is 5. The average molecular weight is 857 g/mol. The van der Waals surface area contributed by atoms with Crippen LogP contribution in [0.15, 0.2) is 116 Å². The number of allylic oxidation sites excluding steroid dienone is 1. The van der Waals surface area contributed by atoms with E-state index in [4.69, 9.17) is 0 Å². The largest absolute Gasteiger partial charge is 0.391 e. The number of hydrogen-bond acceptors (Lipinski definition) is 6. The Labute approximate surface area is 373 Å². The van der Waals surface area contributed by atoms with E-state index in [1.165, 1.54) is 12.7 Å². The van der Waals surface area contributed by atoms with Crippen LogP contribution in [0.3, 0.4) is 0 Å². The molecule has 2 fully saturated rings. The maximum atomic E-state index is 14.6. The third kappa shape index (κ3) is 14.0. The van der Waals surface area contributed by atoms with Crippen molar-refractivity contribution in [2.75, 3.05) is 6.54 Å². The highest BCUT2D eigenvalue weighted by Gasteiger charge is 2.39. The topological polar surface area (TPSA) is 157 Å². The average Bonchev–Trinajstić information content (AvgIpc) is 4.02. The van der Waals surface area contributed by atoms with Gasteiger partial charge in [0, 0.05) is 37.2 Å². The Balaban J connectivity index is 1.21. The number of aliphatic hydroxyl groups excluding tert-OH is 1.